The van der Waals surface area contributed by atoms with Gasteiger partial charge in [-0.25, -0.2) is 4.79 Å². The summed E-state index contributed by atoms with van der Waals surface area (Å²) in [6.45, 7) is 1.44. The van der Waals surface area contributed by atoms with Crippen molar-refractivity contribution in [3.05, 3.63) is 94.4 Å². The van der Waals surface area contributed by atoms with Crippen LogP contribution in [0.2, 0.25) is 0 Å². The fourth-order valence-corrected chi connectivity index (χ4v) is 2.97. The molecule has 1 atom stereocenters. The van der Waals surface area contributed by atoms with E-state index in [9.17, 15) is 14.4 Å². The van der Waals surface area contributed by atoms with Crippen LogP contribution < -0.4 is 5.32 Å². The van der Waals surface area contributed by atoms with Crippen LogP contribution in [0.25, 0.3) is 6.08 Å². The van der Waals surface area contributed by atoms with Gasteiger partial charge in [-0.05, 0) is 53.2 Å². The highest BCUT2D eigenvalue weighted by Gasteiger charge is 2.24. The van der Waals surface area contributed by atoms with Crippen molar-refractivity contribution in [2.24, 2.45) is 0 Å². The van der Waals surface area contributed by atoms with Crippen LogP contribution in [0.1, 0.15) is 34.7 Å². The summed E-state index contributed by atoms with van der Waals surface area (Å²) in [5, 5.41) is 2.70. The molecule has 1 aromatic heterocycles. The minimum atomic E-state index is -1.17. The minimum absolute atomic E-state index is 0.119. The molecule has 0 saturated heterocycles. The molecule has 2 aromatic carbocycles. The molecule has 1 amide bonds. The van der Waals surface area contributed by atoms with Crippen molar-refractivity contribution in [2.45, 2.75) is 13.0 Å². The van der Waals surface area contributed by atoms with E-state index in [4.69, 9.17) is 9.15 Å². The first kappa shape index (κ1) is 21.3. The van der Waals surface area contributed by atoms with Gasteiger partial charge >= 0.3 is 5.97 Å². The van der Waals surface area contributed by atoms with E-state index in [-0.39, 0.29) is 5.78 Å². The normalized spacial score (nSPS) is 11.8. The number of halogens is 1. The standard InChI is InChI=1S/C23H18BrNO5/c1-15(26)17-8-5-9-18(14-17)25-23(28)22(16-6-3-2-4-7-16)30-21(27)13-11-19-10-12-20(24)29-19/h2-14,22H,1H3,(H,25,28)/b13-11+. The summed E-state index contributed by atoms with van der Waals surface area (Å²) in [7, 11) is 0. The molecule has 0 fully saturated rings. The van der Waals surface area contributed by atoms with E-state index in [2.05, 4.69) is 21.2 Å². The zero-order valence-corrected chi connectivity index (χ0v) is 17.6. The first-order valence-corrected chi connectivity index (χ1v) is 9.82. The number of ether oxygens (including phenoxy) is 1. The maximum Gasteiger partial charge on any atom is 0.332 e. The topological polar surface area (TPSA) is 85.6 Å². The van der Waals surface area contributed by atoms with Gasteiger partial charge in [0, 0.05) is 22.9 Å². The molecule has 3 aromatic rings. The Morgan fingerprint density at radius 2 is 1.80 bits per heavy atom. The van der Waals surface area contributed by atoms with E-state index in [0.717, 1.165) is 0 Å². The fraction of sp³-hybridized carbons (Fsp3) is 0.0870. The first-order chi connectivity index (χ1) is 14.4. The summed E-state index contributed by atoms with van der Waals surface area (Å²) < 4.78 is 11.2. The zero-order chi connectivity index (χ0) is 21.5. The van der Waals surface area contributed by atoms with Crippen LogP contribution in [-0.2, 0) is 14.3 Å². The Kier molecular flexibility index (Phi) is 6.98. The Morgan fingerprint density at radius 1 is 1.03 bits per heavy atom. The van der Waals surface area contributed by atoms with Gasteiger partial charge in [-0.3, -0.25) is 9.59 Å². The van der Waals surface area contributed by atoms with E-state index in [1.807, 2.05) is 0 Å². The molecule has 30 heavy (non-hydrogen) atoms. The number of carbonyl (C=O) groups is 3. The van der Waals surface area contributed by atoms with Crippen LogP contribution in [0.3, 0.4) is 0 Å². The molecule has 0 aliphatic carbocycles. The van der Waals surface area contributed by atoms with Gasteiger partial charge in [0.15, 0.2) is 10.5 Å². The number of hydrogen-bond donors (Lipinski definition) is 1. The van der Waals surface area contributed by atoms with Crippen LogP contribution in [0.5, 0.6) is 0 Å². The molecule has 0 spiro atoms. The Balaban J connectivity index is 1.77. The molecular weight excluding hydrogens is 450 g/mol. The summed E-state index contributed by atoms with van der Waals surface area (Å²) in [5.74, 6) is -0.902. The SMILES string of the molecule is CC(=O)c1cccc(NC(=O)C(OC(=O)/C=C/c2ccc(Br)o2)c2ccccc2)c1. The molecular formula is C23H18BrNO5. The average molecular weight is 468 g/mol. The molecule has 1 N–H and O–H groups in total. The summed E-state index contributed by atoms with van der Waals surface area (Å²) >= 11 is 3.18. The number of benzene rings is 2. The van der Waals surface area contributed by atoms with Crippen molar-refractivity contribution in [3.63, 3.8) is 0 Å². The smallest absolute Gasteiger partial charge is 0.332 e. The molecule has 1 unspecified atom stereocenters. The quantitative estimate of drug-likeness (QED) is 0.293. The number of anilines is 1. The van der Waals surface area contributed by atoms with Gasteiger partial charge in [0.05, 0.1) is 0 Å². The van der Waals surface area contributed by atoms with E-state index < -0.39 is 18.0 Å². The summed E-state index contributed by atoms with van der Waals surface area (Å²) in [5.41, 5.74) is 1.41. The second-order valence-electron chi connectivity index (χ2n) is 6.33. The predicted molar refractivity (Wildman–Crippen MR) is 116 cm³/mol. The van der Waals surface area contributed by atoms with Gasteiger partial charge in [-0.1, -0.05) is 42.5 Å². The van der Waals surface area contributed by atoms with Gasteiger partial charge < -0.3 is 14.5 Å². The van der Waals surface area contributed by atoms with E-state index in [1.54, 1.807) is 66.7 Å². The second-order valence-corrected chi connectivity index (χ2v) is 7.11. The highest BCUT2D eigenvalue weighted by atomic mass is 79.9. The number of rotatable bonds is 7. The number of hydrogen-bond acceptors (Lipinski definition) is 5. The lowest BCUT2D eigenvalue weighted by atomic mass is 10.1. The number of ketones is 1. The van der Waals surface area contributed by atoms with Crippen molar-refractivity contribution in [1.82, 2.24) is 0 Å². The molecule has 6 nitrogen and oxygen atoms in total. The van der Waals surface area contributed by atoms with Crippen LogP contribution in [0, 0.1) is 0 Å². The Bertz CT molecular complexity index is 1090. The molecule has 0 bridgehead atoms. The van der Waals surface area contributed by atoms with Crippen LogP contribution in [0.4, 0.5) is 5.69 Å². The summed E-state index contributed by atoms with van der Waals surface area (Å²) in [4.78, 5) is 36.8. The maximum atomic E-state index is 12.9. The Morgan fingerprint density at radius 3 is 2.47 bits per heavy atom. The van der Waals surface area contributed by atoms with Crippen LogP contribution in [-0.4, -0.2) is 17.7 Å². The minimum Gasteiger partial charge on any atom is -0.450 e. The number of esters is 1. The highest BCUT2D eigenvalue weighted by Crippen LogP contribution is 2.22. The van der Waals surface area contributed by atoms with Crippen molar-refractivity contribution < 1.29 is 23.5 Å². The lowest BCUT2D eigenvalue weighted by Gasteiger charge is -2.17. The van der Waals surface area contributed by atoms with Gasteiger partial charge in [0.25, 0.3) is 5.91 Å². The molecule has 7 heteroatoms. The number of furan rings is 1. The van der Waals surface area contributed by atoms with Gasteiger partial charge in [0.1, 0.15) is 5.76 Å². The van der Waals surface area contributed by atoms with Gasteiger partial charge in [0.2, 0.25) is 6.10 Å². The van der Waals surface area contributed by atoms with Crippen molar-refractivity contribution >= 4 is 45.4 Å². The Hall–Kier alpha value is -3.45. The molecule has 3 rings (SSSR count). The summed E-state index contributed by atoms with van der Waals surface area (Å²) in [6, 6.07) is 18.6. The monoisotopic (exact) mass is 467 g/mol. The summed E-state index contributed by atoms with van der Waals surface area (Å²) in [6.07, 6.45) is 1.46. The van der Waals surface area contributed by atoms with Crippen molar-refractivity contribution in [1.29, 1.82) is 0 Å². The van der Waals surface area contributed by atoms with Gasteiger partial charge in [-0.2, -0.15) is 0 Å². The second kappa shape index (κ2) is 9.84. The third-order valence-corrected chi connectivity index (χ3v) is 4.51. The average Bonchev–Trinajstić information content (AvgIpc) is 3.16. The van der Waals surface area contributed by atoms with E-state index in [1.165, 1.54) is 19.1 Å². The Labute approximate surface area is 181 Å². The maximum absolute atomic E-state index is 12.9. The van der Waals surface area contributed by atoms with E-state index >= 15 is 0 Å². The number of nitrogens with one attached hydrogen (secondary N) is 1. The zero-order valence-electron chi connectivity index (χ0n) is 16.0. The number of amides is 1. The molecule has 152 valence electrons. The van der Waals surface area contributed by atoms with Crippen LogP contribution >= 0.6 is 15.9 Å². The third kappa shape index (κ3) is 5.78. The highest BCUT2D eigenvalue weighted by molar-refractivity contribution is 9.10. The van der Waals surface area contributed by atoms with E-state index in [0.29, 0.717) is 27.2 Å². The first-order valence-electron chi connectivity index (χ1n) is 9.03. The van der Waals surface area contributed by atoms with Crippen LogP contribution in [0.15, 0.2) is 81.9 Å². The van der Waals surface area contributed by atoms with Crippen molar-refractivity contribution in [2.75, 3.05) is 5.32 Å². The molecule has 0 aliphatic heterocycles. The largest absolute Gasteiger partial charge is 0.450 e. The van der Waals surface area contributed by atoms with Gasteiger partial charge in [-0.15, -0.1) is 0 Å². The molecule has 1 heterocycles. The number of Topliss-reactive ketones (excluding diaryl/α,β-unsaturated/α-hetero) is 1. The lowest BCUT2D eigenvalue weighted by Crippen LogP contribution is -2.25. The molecule has 0 radical (unpaired) electrons. The predicted octanol–water partition coefficient (Wildman–Crippen LogP) is 5.18. The van der Waals surface area contributed by atoms with Crippen molar-refractivity contribution in [3.8, 4) is 0 Å². The fourth-order valence-electron chi connectivity index (χ4n) is 2.65. The molecule has 0 saturated carbocycles. The number of carbonyl (C=O) groups excluding carboxylic acids is 3. The third-order valence-electron chi connectivity index (χ3n) is 4.09. The molecule has 0 aliphatic rings. The lowest BCUT2D eigenvalue weighted by molar-refractivity contribution is -0.149.